The molecular formula is C28H19NO6. The minimum atomic E-state index is -1.12. The topological polar surface area (TPSA) is 101 Å². The fourth-order valence-corrected chi connectivity index (χ4v) is 4.36. The van der Waals surface area contributed by atoms with Crippen LogP contribution in [0.1, 0.15) is 42.2 Å². The summed E-state index contributed by atoms with van der Waals surface area (Å²) in [6, 6.07) is 22.2. The van der Waals surface area contributed by atoms with Crippen LogP contribution in [-0.4, -0.2) is 40.4 Å². The number of ketones is 3. The number of aliphatic hydroxyl groups is 1. The number of nitrogens with zero attached hydrogens (tertiary/aromatic N) is 1. The highest BCUT2D eigenvalue weighted by Gasteiger charge is 2.40. The highest BCUT2D eigenvalue weighted by molar-refractivity contribution is 6.34. The zero-order chi connectivity index (χ0) is 24.7. The molecule has 0 aliphatic heterocycles. The van der Waals surface area contributed by atoms with E-state index in [-0.39, 0.29) is 16.7 Å². The van der Waals surface area contributed by atoms with Crippen molar-refractivity contribution in [2.24, 2.45) is 0 Å². The van der Waals surface area contributed by atoms with Crippen molar-refractivity contribution >= 4 is 29.0 Å². The van der Waals surface area contributed by atoms with Crippen molar-refractivity contribution in [3.8, 4) is 0 Å². The maximum Gasteiger partial charge on any atom is 0.349 e. The van der Waals surface area contributed by atoms with Gasteiger partial charge in [0.25, 0.3) is 0 Å². The van der Waals surface area contributed by atoms with Crippen molar-refractivity contribution in [3.05, 3.63) is 124 Å². The van der Waals surface area contributed by atoms with Gasteiger partial charge < -0.3 is 14.7 Å². The Balaban J connectivity index is 1.55. The molecule has 0 bridgehead atoms. The summed E-state index contributed by atoms with van der Waals surface area (Å²) in [7, 11) is 1.74. The van der Waals surface area contributed by atoms with E-state index in [9.17, 15) is 24.3 Å². The first-order valence-corrected chi connectivity index (χ1v) is 10.9. The Bertz CT molecular complexity index is 1480. The van der Waals surface area contributed by atoms with E-state index in [2.05, 4.69) is 0 Å². The molecule has 172 valence electrons. The van der Waals surface area contributed by atoms with Crippen LogP contribution in [0.15, 0.2) is 96.0 Å². The normalized spacial score (nSPS) is 14.7. The van der Waals surface area contributed by atoms with Crippen molar-refractivity contribution in [2.75, 3.05) is 7.05 Å². The summed E-state index contributed by atoms with van der Waals surface area (Å²) in [4.78, 5) is 53.8. The molecule has 0 saturated heterocycles. The van der Waals surface area contributed by atoms with Crippen molar-refractivity contribution in [1.29, 1.82) is 0 Å². The molecule has 7 heteroatoms. The maximum atomic E-state index is 13.3. The quantitative estimate of drug-likeness (QED) is 0.447. The SMILES string of the molecule is CN(Cc1ccccc1)C1=C(C(=O)OC2=C(O)C(=O)c3ccccc3C2=O)C(=O)c2ccccc21. The van der Waals surface area contributed by atoms with Crippen LogP contribution in [0.4, 0.5) is 0 Å². The first-order valence-electron chi connectivity index (χ1n) is 10.9. The fourth-order valence-electron chi connectivity index (χ4n) is 4.36. The number of hydrogen-bond acceptors (Lipinski definition) is 7. The van der Waals surface area contributed by atoms with E-state index in [1.165, 1.54) is 12.1 Å². The molecular weight excluding hydrogens is 446 g/mol. The van der Waals surface area contributed by atoms with Crippen LogP contribution >= 0.6 is 0 Å². The number of hydrogen-bond donors (Lipinski definition) is 1. The van der Waals surface area contributed by atoms with Crippen LogP contribution < -0.4 is 0 Å². The summed E-state index contributed by atoms with van der Waals surface area (Å²) in [5.41, 5.74) is 1.92. The van der Waals surface area contributed by atoms with Crippen molar-refractivity contribution < 1.29 is 29.0 Å². The van der Waals surface area contributed by atoms with E-state index in [0.717, 1.165) is 5.56 Å². The van der Waals surface area contributed by atoms with E-state index in [4.69, 9.17) is 4.74 Å². The zero-order valence-corrected chi connectivity index (χ0v) is 18.6. The Labute approximate surface area is 200 Å². The second kappa shape index (κ2) is 8.53. The Morgan fingerprint density at radius 2 is 1.26 bits per heavy atom. The van der Waals surface area contributed by atoms with Crippen molar-refractivity contribution in [1.82, 2.24) is 4.90 Å². The van der Waals surface area contributed by atoms with Crippen molar-refractivity contribution in [3.63, 3.8) is 0 Å². The summed E-state index contributed by atoms with van der Waals surface area (Å²) < 4.78 is 5.27. The molecule has 7 nitrogen and oxygen atoms in total. The highest BCUT2D eigenvalue weighted by Crippen LogP contribution is 2.37. The molecule has 0 unspecified atom stereocenters. The molecule has 0 atom stereocenters. The lowest BCUT2D eigenvalue weighted by molar-refractivity contribution is -0.134. The lowest BCUT2D eigenvalue weighted by Gasteiger charge is -2.23. The van der Waals surface area contributed by atoms with Gasteiger partial charge in [-0.3, -0.25) is 14.4 Å². The predicted octanol–water partition coefficient (Wildman–Crippen LogP) is 4.12. The largest absolute Gasteiger partial charge is 0.501 e. The first kappa shape index (κ1) is 22.0. The molecule has 5 rings (SSSR count). The minimum Gasteiger partial charge on any atom is -0.501 e. The lowest BCUT2D eigenvalue weighted by Crippen LogP contribution is -2.27. The summed E-state index contributed by atoms with van der Waals surface area (Å²) in [6.07, 6.45) is 0. The van der Waals surface area contributed by atoms with E-state index in [1.807, 2.05) is 30.3 Å². The predicted molar refractivity (Wildman–Crippen MR) is 126 cm³/mol. The van der Waals surface area contributed by atoms with Gasteiger partial charge in [-0.05, 0) is 5.56 Å². The molecule has 35 heavy (non-hydrogen) atoms. The Hall–Kier alpha value is -4.78. The smallest absolute Gasteiger partial charge is 0.349 e. The molecule has 0 saturated carbocycles. The van der Waals surface area contributed by atoms with E-state index >= 15 is 0 Å². The number of carbonyl (C=O) groups excluding carboxylic acids is 4. The Kier molecular flexibility index (Phi) is 5.37. The molecule has 0 aromatic heterocycles. The third-order valence-electron chi connectivity index (χ3n) is 5.99. The van der Waals surface area contributed by atoms with Gasteiger partial charge in [0.2, 0.25) is 28.9 Å². The third-order valence-corrected chi connectivity index (χ3v) is 5.99. The number of benzene rings is 3. The van der Waals surface area contributed by atoms with E-state index < -0.39 is 34.8 Å². The standard InChI is InChI=1S/C28H19NO6/c1-29(15-16-9-3-2-4-10-16)22-17-11-5-6-12-18(17)23(30)21(22)28(34)35-27-25(32)20-14-8-7-13-19(20)24(31)26(27)33/h2-14,33H,15H2,1H3. The summed E-state index contributed by atoms with van der Waals surface area (Å²) >= 11 is 0. The molecule has 0 spiro atoms. The van der Waals surface area contributed by atoms with Gasteiger partial charge in [0.15, 0.2) is 0 Å². The van der Waals surface area contributed by atoms with Crippen LogP contribution in [0.2, 0.25) is 0 Å². The van der Waals surface area contributed by atoms with Crippen molar-refractivity contribution in [2.45, 2.75) is 6.54 Å². The molecule has 1 N–H and O–H groups in total. The number of rotatable bonds is 5. The van der Waals surface area contributed by atoms with E-state index in [1.54, 1.807) is 48.3 Å². The molecule has 3 aromatic rings. The second-order valence-electron chi connectivity index (χ2n) is 8.21. The van der Waals surface area contributed by atoms with E-state index in [0.29, 0.717) is 23.4 Å². The number of aliphatic hydroxyl groups excluding tert-OH is 1. The molecule has 2 aliphatic rings. The Morgan fingerprint density at radius 3 is 1.89 bits per heavy atom. The number of Topliss-reactive ketones (excluding diaryl/α,β-unsaturated/α-hetero) is 3. The van der Waals surface area contributed by atoms with Gasteiger partial charge in [-0.2, -0.15) is 0 Å². The van der Waals surface area contributed by atoms with Crippen LogP contribution in [0.5, 0.6) is 0 Å². The fraction of sp³-hybridized carbons (Fsp3) is 0.0714. The lowest BCUT2D eigenvalue weighted by atomic mass is 9.92. The summed E-state index contributed by atoms with van der Waals surface area (Å²) in [5.74, 6) is -5.09. The van der Waals surface area contributed by atoms with Gasteiger partial charge in [-0.25, -0.2) is 4.79 Å². The Morgan fingerprint density at radius 1 is 0.743 bits per heavy atom. The van der Waals surface area contributed by atoms with Gasteiger partial charge in [0, 0.05) is 35.8 Å². The number of carbonyl (C=O) groups is 4. The van der Waals surface area contributed by atoms with Gasteiger partial charge in [-0.1, -0.05) is 78.9 Å². The van der Waals surface area contributed by atoms with Crippen LogP contribution in [-0.2, 0) is 16.1 Å². The average Bonchev–Trinajstić information content (AvgIpc) is 3.18. The number of allylic oxidation sites excluding steroid dienone is 2. The molecule has 0 fully saturated rings. The minimum absolute atomic E-state index is 0.00883. The number of esters is 1. The molecule has 3 aromatic carbocycles. The number of ether oxygens (including phenoxy) is 1. The maximum absolute atomic E-state index is 13.3. The third kappa shape index (κ3) is 3.63. The molecule has 0 heterocycles. The van der Waals surface area contributed by atoms with Crippen LogP contribution in [0.3, 0.4) is 0 Å². The zero-order valence-electron chi connectivity index (χ0n) is 18.6. The monoisotopic (exact) mass is 465 g/mol. The second-order valence-corrected chi connectivity index (χ2v) is 8.21. The van der Waals surface area contributed by atoms with Crippen LogP contribution in [0.25, 0.3) is 5.70 Å². The van der Waals surface area contributed by atoms with Gasteiger partial charge >= 0.3 is 5.97 Å². The highest BCUT2D eigenvalue weighted by atomic mass is 16.5. The van der Waals surface area contributed by atoms with Gasteiger partial charge in [0.05, 0.1) is 5.70 Å². The molecule has 0 radical (unpaired) electrons. The average molecular weight is 465 g/mol. The summed E-state index contributed by atoms with van der Waals surface area (Å²) in [5, 5.41) is 10.4. The van der Waals surface area contributed by atoms with Gasteiger partial charge in [0.1, 0.15) is 5.57 Å². The molecule has 2 aliphatic carbocycles. The summed E-state index contributed by atoms with van der Waals surface area (Å²) in [6.45, 7) is 0.396. The number of fused-ring (bicyclic) bond motifs is 2. The first-order chi connectivity index (χ1) is 16.9. The molecule has 0 amide bonds. The van der Waals surface area contributed by atoms with Crippen LogP contribution in [0, 0.1) is 0 Å². The van der Waals surface area contributed by atoms with Gasteiger partial charge in [-0.15, -0.1) is 0 Å².